The van der Waals surface area contributed by atoms with Crippen molar-refractivity contribution in [1.82, 2.24) is 4.90 Å². The quantitative estimate of drug-likeness (QED) is 0.702. The van der Waals surface area contributed by atoms with Crippen LogP contribution in [0.2, 0.25) is 0 Å². The lowest BCUT2D eigenvalue weighted by atomic mass is 10.1. The number of carbonyl (C=O) groups is 1. The maximum absolute atomic E-state index is 11.7. The van der Waals surface area contributed by atoms with Crippen molar-refractivity contribution in [3.05, 3.63) is 22.4 Å². The van der Waals surface area contributed by atoms with Gasteiger partial charge in [-0.15, -0.1) is 0 Å². The van der Waals surface area contributed by atoms with Crippen LogP contribution in [0, 0.1) is 0 Å². The summed E-state index contributed by atoms with van der Waals surface area (Å²) >= 11 is 1.68. The second-order valence-corrected chi connectivity index (χ2v) is 5.01. The highest BCUT2D eigenvalue weighted by Crippen LogP contribution is 2.14. The largest absolute Gasteiger partial charge is 0.468 e. The van der Waals surface area contributed by atoms with E-state index in [-0.39, 0.29) is 12.0 Å². The minimum atomic E-state index is -0.129. The van der Waals surface area contributed by atoms with E-state index in [1.165, 1.54) is 12.7 Å². The van der Waals surface area contributed by atoms with Crippen LogP contribution >= 0.6 is 11.3 Å². The van der Waals surface area contributed by atoms with Gasteiger partial charge in [-0.05, 0) is 35.9 Å². The fourth-order valence-electron chi connectivity index (χ4n) is 1.83. The number of thiophene rings is 1. The summed E-state index contributed by atoms with van der Waals surface area (Å²) < 4.78 is 4.87. The van der Waals surface area contributed by atoms with Crippen molar-refractivity contribution in [3.8, 4) is 0 Å². The lowest BCUT2D eigenvalue weighted by Crippen LogP contribution is -2.38. The van der Waals surface area contributed by atoms with Gasteiger partial charge >= 0.3 is 5.97 Å². The van der Waals surface area contributed by atoms with Gasteiger partial charge in [0, 0.05) is 6.54 Å². The molecule has 0 bridgehead atoms. The Morgan fingerprint density at radius 1 is 1.59 bits per heavy atom. The molecule has 0 radical (unpaired) electrons. The number of hydrogen-bond acceptors (Lipinski definition) is 4. The van der Waals surface area contributed by atoms with E-state index in [0.717, 1.165) is 25.8 Å². The van der Waals surface area contributed by atoms with E-state index in [1.54, 1.807) is 11.3 Å². The lowest BCUT2D eigenvalue weighted by Gasteiger charge is -2.25. The van der Waals surface area contributed by atoms with Gasteiger partial charge in [0.1, 0.15) is 6.04 Å². The van der Waals surface area contributed by atoms with Crippen LogP contribution in [0.25, 0.3) is 0 Å². The molecule has 96 valence electrons. The van der Waals surface area contributed by atoms with Gasteiger partial charge in [-0.1, -0.05) is 19.8 Å². The molecule has 0 fully saturated rings. The number of hydrogen-bond donors (Lipinski definition) is 0. The van der Waals surface area contributed by atoms with E-state index in [1.807, 2.05) is 7.05 Å². The molecule has 4 heteroatoms. The zero-order valence-electron chi connectivity index (χ0n) is 10.8. The third-order valence-electron chi connectivity index (χ3n) is 2.85. The summed E-state index contributed by atoms with van der Waals surface area (Å²) in [5.74, 6) is -0.129. The average molecular weight is 255 g/mol. The molecule has 1 heterocycles. The van der Waals surface area contributed by atoms with Gasteiger partial charge < -0.3 is 4.74 Å². The predicted molar refractivity (Wildman–Crippen MR) is 71.1 cm³/mol. The molecule has 0 spiro atoms. The van der Waals surface area contributed by atoms with Crippen molar-refractivity contribution < 1.29 is 9.53 Å². The second-order valence-electron chi connectivity index (χ2n) is 4.23. The highest BCUT2D eigenvalue weighted by molar-refractivity contribution is 7.07. The number of nitrogens with zero attached hydrogens (tertiary/aromatic N) is 1. The van der Waals surface area contributed by atoms with Crippen molar-refractivity contribution in [2.45, 2.75) is 38.8 Å². The van der Waals surface area contributed by atoms with E-state index in [0.29, 0.717) is 0 Å². The third-order valence-corrected chi connectivity index (χ3v) is 3.58. The van der Waals surface area contributed by atoms with Crippen molar-refractivity contribution in [1.29, 1.82) is 0 Å². The molecular formula is C13H21NO2S. The van der Waals surface area contributed by atoms with Gasteiger partial charge in [0.2, 0.25) is 0 Å². The Kier molecular flexibility index (Phi) is 6.22. The van der Waals surface area contributed by atoms with Crippen LogP contribution in [0.1, 0.15) is 31.7 Å². The molecule has 0 amide bonds. The maximum atomic E-state index is 11.7. The van der Waals surface area contributed by atoms with Crippen LogP contribution < -0.4 is 0 Å². The van der Waals surface area contributed by atoms with Crippen molar-refractivity contribution in [3.63, 3.8) is 0 Å². The number of likely N-dealkylation sites (N-methyl/N-ethyl adjacent to an activating group) is 1. The van der Waals surface area contributed by atoms with Crippen LogP contribution in [0.15, 0.2) is 16.8 Å². The summed E-state index contributed by atoms with van der Waals surface area (Å²) in [4.78, 5) is 13.8. The van der Waals surface area contributed by atoms with Crippen LogP contribution in [0.5, 0.6) is 0 Å². The van der Waals surface area contributed by atoms with Gasteiger partial charge in [-0.25, -0.2) is 0 Å². The van der Waals surface area contributed by atoms with Gasteiger partial charge in [0.15, 0.2) is 0 Å². The number of unbranched alkanes of at least 4 members (excludes halogenated alkanes) is 1. The summed E-state index contributed by atoms with van der Waals surface area (Å²) in [6, 6.07) is 1.97. The van der Waals surface area contributed by atoms with Gasteiger partial charge in [-0.3, -0.25) is 9.69 Å². The smallest absolute Gasteiger partial charge is 0.323 e. The normalized spacial score (nSPS) is 12.7. The van der Waals surface area contributed by atoms with E-state index in [9.17, 15) is 4.79 Å². The first-order valence-corrected chi connectivity index (χ1v) is 6.92. The molecule has 1 aromatic rings. The molecule has 1 rings (SSSR count). The van der Waals surface area contributed by atoms with Crippen LogP contribution in [0.4, 0.5) is 0 Å². The second kappa shape index (κ2) is 7.45. The highest BCUT2D eigenvalue weighted by atomic mass is 32.1. The Hall–Kier alpha value is -0.870. The van der Waals surface area contributed by atoms with Crippen molar-refractivity contribution >= 4 is 17.3 Å². The molecule has 1 atom stereocenters. The van der Waals surface area contributed by atoms with Gasteiger partial charge in [0.25, 0.3) is 0 Å². The Labute approximate surface area is 107 Å². The first-order valence-electron chi connectivity index (χ1n) is 5.98. The molecule has 0 saturated heterocycles. The van der Waals surface area contributed by atoms with E-state index in [4.69, 9.17) is 4.74 Å². The Bertz CT molecular complexity index is 324. The minimum Gasteiger partial charge on any atom is -0.468 e. The molecule has 1 unspecified atom stereocenters. The van der Waals surface area contributed by atoms with Crippen molar-refractivity contribution in [2.75, 3.05) is 14.2 Å². The Morgan fingerprint density at radius 2 is 2.35 bits per heavy atom. The van der Waals surface area contributed by atoms with Crippen LogP contribution in [-0.4, -0.2) is 31.1 Å². The predicted octanol–water partition coefficient (Wildman–Crippen LogP) is 2.91. The van der Waals surface area contributed by atoms with Crippen LogP contribution in [-0.2, 0) is 16.1 Å². The lowest BCUT2D eigenvalue weighted by molar-refractivity contribution is -0.147. The maximum Gasteiger partial charge on any atom is 0.323 e. The van der Waals surface area contributed by atoms with E-state index in [2.05, 4.69) is 28.7 Å². The molecule has 1 aromatic heterocycles. The molecule has 0 N–H and O–H groups in total. The van der Waals surface area contributed by atoms with Gasteiger partial charge in [0.05, 0.1) is 7.11 Å². The average Bonchev–Trinajstić information content (AvgIpc) is 2.81. The van der Waals surface area contributed by atoms with Crippen LogP contribution in [0.3, 0.4) is 0 Å². The Balaban J connectivity index is 2.58. The number of esters is 1. The molecule has 0 aromatic carbocycles. The molecule has 0 aliphatic rings. The first kappa shape index (κ1) is 14.2. The summed E-state index contributed by atoms with van der Waals surface area (Å²) in [6.07, 6.45) is 3.01. The minimum absolute atomic E-state index is 0.125. The fraction of sp³-hybridized carbons (Fsp3) is 0.615. The summed E-state index contributed by atoms with van der Waals surface area (Å²) in [5.41, 5.74) is 1.25. The standard InChI is InChI=1S/C13H21NO2S/c1-4-5-6-12(13(15)16-3)14(2)9-11-7-8-17-10-11/h7-8,10,12H,4-6,9H2,1-3H3. The third kappa shape index (κ3) is 4.48. The SMILES string of the molecule is CCCCC(C(=O)OC)N(C)Cc1ccsc1. The van der Waals surface area contributed by atoms with Crippen molar-refractivity contribution in [2.24, 2.45) is 0 Å². The highest BCUT2D eigenvalue weighted by Gasteiger charge is 2.23. The molecule has 17 heavy (non-hydrogen) atoms. The molecular weight excluding hydrogens is 234 g/mol. The number of methoxy groups -OCH3 is 1. The monoisotopic (exact) mass is 255 g/mol. The molecule has 3 nitrogen and oxygen atoms in total. The van der Waals surface area contributed by atoms with E-state index >= 15 is 0 Å². The Morgan fingerprint density at radius 3 is 2.88 bits per heavy atom. The molecule has 0 saturated carbocycles. The zero-order chi connectivity index (χ0) is 12.7. The summed E-state index contributed by atoms with van der Waals surface area (Å²) in [7, 11) is 3.44. The van der Waals surface area contributed by atoms with Gasteiger partial charge in [-0.2, -0.15) is 11.3 Å². The first-order chi connectivity index (χ1) is 8.19. The molecule has 0 aliphatic carbocycles. The van der Waals surface area contributed by atoms with E-state index < -0.39 is 0 Å². The zero-order valence-corrected chi connectivity index (χ0v) is 11.6. The molecule has 0 aliphatic heterocycles. The number of rotatable bonds is 7. The number of carbonyl (C=O) groups excluding carboxylic acids is 1. The fourth-order valence-corrected chi connectivity index (χ4v) is 2.49. The summed E-state index contributed by atoms with van der Waals surface area (Å²) in [5, 5.41) is 4.17. The number of ether oxygens (including phenoxy) is 1. The summed E-state index contributed by atoms with van der Waals surface area (Å²) in [6.45, 7) is 2.93. The topological polar surface area (TPSA) is 29.5 Å².